The first-order chi connectivity index (χ1) is 17.2. The molecule has 2 heterocycles. The summed E-state index contributed by atoms with van der Waals surface area (Å²) in [6.45, 7) is 3.17. The number of nitrogens with zero attached hydrogens (tertiary/aromatic N) is 3. The smallest absolute Gasteiger partial charge is 0.306 e. The molecule has 3 aromatic rings. The van der Waals surface area contributed by atoms with Crippen molar-refractivity contribution < 1.29 is 23.9 Å². The summed E-state index contributed by atoms with van der Waals surface area (Å²) in [5.41, 5.74) is 1.56. The highest BCUT2D eigenvalue weighted by molar-refractivity contribution is 6.21. The van der Waals surface area contributed by atoms with Gasteiger partial charge in [-0.2, -0.15) is 0 Å². The Labute approximate surface area is 207 Å². The van der Waals surface area contributed by atoms with Gasteiger partial charge in [0.2, 0.25) is 0 Å². The van der Waals surface area contributed by atoms with E-state index >= 15 is 0 Å². The lowest BCUT2D eigenvalue weighted by Gasteiger charge is -2.15. The Morgan fingerprint density at radius 3 is 2.14 bits per heavy atom. The molecule has 0 saturated heterocycles. The number of esters is 1. The lowest BCUT2D eigenvalue weighted by atomic mass is 10.1. The fraction of sp³-hybridized carbons (Fsp3) is 0.269. The van der Waals surface area contributed by atoms with Gasteiger partial charge in [-0.1, -0.05) is 30.3 Å². The number of carbonyl (C=O) groups excluding carboxylic acids is 4. The number of fused-ring (bicyclic) bond motifs is 1. The van der Waals surface area contributed by atoms with Gasteiger partial charge in [-0.15, -0.1) is 0 Å². The highest BCUT2D eigenvalue weighted by atomic mass is 16.5. The molecule has 4 rings (SSSR count). The summed E-state index contributed by atoms with van der Waals surface area (Å²) in [4.78, 5) is 63.8. The summed E-state index contributed by atoms with van der Waals surface area (Å²) in [6, 6.07) is 15.5. The van der Waals surface area contributed by atoms with Crippen LogP contribution in [0.25, 0.3) is 5.69 Å². The number of hydrogen-bond donors (Lipinski definition) is 1. The molecule has 36 heavy (non-hydrogen) atoms. The number of benzene rings is 2. The van der Waals surface area contributed by atoms with Crippen molar-refractivity contribution in [1.82, 2.24) is 14.3 Å². The van der Waals surface area contributed by atoms with Crippen LogP contribution in [0.15, 0.2) is 59.4 Å². The number of para-hydroxylation sites is 1. The molecule has 2 aromatic carbocycles. The van der Waals surface area contributed by atoms with Crippen LogP contribution in [0.2, 0.25) is 0 Å². The topological polar surface area (TPSA) is 120 Å². The first kappa shape index (κ1) is 24.6. The molecule has 0 spiro atoms. The second kappa shape index (κ2) is 10.0. The average Bonchev–Trinajstić information content (AvgIpc) is 3.24. The van der Waals surface area contributed by atoms with Crippen molar-refractivity contribution in [3.05, 3.63) is 81.8 Å². The van der Waals surface area contributed by atoms with Crippen molar-refractivity contribution in [1.29, 1.82) is 0 Å². The monoisotopic (exact) mass is 490 g/mol. The molecule has 1 unspecified atom stereocenters. The summed E-state index contributed by atoms with van der Waals surface area (Å²) >= 11 is 0. The Morgan fingerprint density at radius 1 is 0.944 bits per heavy atom. The molecule has 1 N–H and O–H groups in total. The van der Waals surface area contributed by atoms with E-state index in [1.165, 1.54) is 11.6 Å². The zero-order chi connectivity index (χ0) is 26.0. The third-order valence-corrected chi connectivity index (χ3v) is 6.12. The lowest BCUT2D eigenvalue weighted by Crippen LogP contribution is -2.33. The Balaban J connectivity index is 1.32. The molecule has 0 saturated carbocycles. The van der Waals surface area contributed by atoms with Crippen molar-refractivity contribution in [3.8, 4) is 5.69 Å². The van der Waals surface area contributed by atoms with Gasteiger partial charge in [-0.3, -0.25) is 33.6 Å². The van der Waals surface area contributed by atoms with Gasteiger partial charge in [0.05, 0.1) is 22.5 Å². The minimum absolute atomic E-state index is 0.0598. The van der Waals surface area contributed by atoms with E-state index in [2.05, 4.69) is 5.32 Å². The predicted octanol–water partition coefficient (Wildman–Crippen LogP) is 2.43. The number of ether oxygens (including phenoxy) is 1. The summed E-state index contributed by atoms with van der Waals surface area (Å²) in [5.74, 6) is -2.08. The summed E-state index contributed by atoms with van der Waals surface area (Å²) in [5, 5.41) is 2.57. The van der Waals surface area contributed by atoms with Gasteiger partial charge in [0, 0.05) is 20.0 Å². The maximum Gasteiger partial charge on any atom is 0.306 e. The molecule has 1 atom stereocenters. The van der Waals surface area contributed by atoms with Gasteiger partial charge >= 0.3 is 5.97 Å². The highest BCUT2D eigenvalue weighted by Gasteiger charge is 2.34. The average molecular weight is 491 g/mol. The Bertz CT molecular complexity index is 1370. The third kappa shape index (κ3) is 4.57. The second-order valence-electron chi connectivity index (χ2n) is 8.47. The Hall–Kier alpha value is -4.47. The zero-order valence-electron chi connectivity index (χ0n) is 20.2. The molecular weight excluding hydrogens is 464 g/mol. The van der Waals surface area contributed by atoms with Gasteiger partial charge in [0.25, 0.3) is 23.3 Å². The SMILES string of the molecule is Cc1c(NC(=O)C(C)OC(=O)CCCN2C(=O)c3ccccc3C2=O)c(=O)n(-c2ccccc2)n1C. The molecule has 0 bridgehead atoms. The van der Waals surface area contributed by atoms with Crippen molar-refractivity contribution in [2.24, 2.45) is 7.05 Å². The van der Waals surface area contributed by atoms with Crippen molar-refractivity contribution in [2.75, 3.05) is 11.9 Å². The molecule has 0 aliphatic carbocycles. The van der Waals surface area contributed by atoms with Gasteiger partial charge in [0.15, 0.2) is 6.10 Å². The summed E-state index contributed by atoms with van der Waals surface area (Å²) < 4.78 is 8.27. The number of aromatic nitrogens is 2. The predicted molar refractivity (Wildman–Crippen MR) is 131 cm³/mol. The fourth-order valence-corrected chi connectivity index (χ4v) is 4.07. The summed E-state index contributed by atoms with van der Waals surface area (Å²) in [7, 11) is 1.71. The van der Waals surface area contributed by atoms with Gasteiger partial charge in [-0.05, 0) is 44.5 Å². The van der Waals surface area contributed by atoms with Crippen LogP contribution in [0.5, 0.6) is 0 Å². The number of amides is 3. The molecule has 186 valence electrons. The second-order valence-corrected chi connectivity index (χ2v) is 8.47. The van der Waals surface area contributed by atoms with E-state index in [0.717, 1.165) is 4.90 Å². The number of carbonyl (C=O) groups is 4. The van der Waals surface area contributed by atoms with E-state index in [9.17, 15) is 24.0 Å². The molecular formula is C26H26N4O6. The molecule has 10 nitrogen and oxygen atoms in total. The number of imide groups is 1. The van der Waals surface area contributed by atoms with Crippen LogP contribution in [0.1, 0.15) is 46.2 Å². The standard InChI is InChI=1S/C26H26N4O6/c1-16-22(26(35)30(28(16)3)18-10-5-4-6-11-18)27-23(32)17(2)36-21(31)14-9-15-29-24(33)19-12-7-8-13-20(19)25(29)34/h4-8,10-13,17H,9,14-15H2,1-3H3,(H,27,32). The maximum atomic E-state index is 13.0. The van der Waals surface area contributed by atoms with Crippen molar-refractivity contribution in [3.63, 3.8) is 0 Å². The molecule has 1 aromatic heterocycles. The van der Waals surface area contributed by atoms with Crippen LogP contribution in [0.3, 0.4) is 0 Å². The Morgan fingerprint density at radius 2 is 1.53 bits per heavy atom. The van der Waals surface area contributed by atoms with Crippen LogP contribution in [0, 0.1) is 6.92 Å². The van der Waals surface area contributed by atoms with Crippen LogP contribution in [-0.4, -0.2) is 50.6 Å². The quantitative estimate of drug-likeness (QED) is 0.383. The molecule has 10 heteroatoms. The number of rotatable bonds is 8. The van der Waals surface area contributed by atoms with Crippen LogP contribution >= 0.6 is 0 Å². The summed E-state index contributed by atoms with van der Waals surface area (Å²) in [6.07, 6.45) is -1.05. The molecule has 0 radical (unpaired) electrons. The van der Waals surface area contributed by atoms with E-state index in [4.69, 9.17) is 4.74 Å². The minimum atomic E-state index is -1.15. The van der Waals surface area contributed by atoms with Gasteiger partial charge in [0.1, 0.15) is 5.69 Å². The van der Waals surface area contributed by atoms with Crippen molar-refractivity contribution in [2.45, 2.75) is 32.8 Å². The van der Waals surface area contributed by atoms with E-state index in [0.29, 0.717) is 22.5 Å². The van der Waals surface area contributed by atoms with Crippen LogP contribution in [-0.2, 0) is 21.4 Å². The largest absolute Gasteiger partial charge is 0.453 e. The first-order valence-electron chi connectivity index (χ1n) is 11.5. The number of nitrogens with one attached hydrogen (secondary N) is 1. The lowest BCUT2D eigenvalue weighted by molar-refractivity contribution is -0.153. The number of anilines is 1. The Kier molecular flexibility index (Phi) is 6.86. The van der Waals surface area contributed by atoms with E-state index in [1.54, 1.807) is 67.2 Å². The molecule has 1 aliphatic heterocycles. The van der Waals surface area contributed by atoms with Gasteiger partial charge in [-0.25, -0.2) is 4.68 Å². The zero-order valence-corrected chi connectivity index (χ0v) is 20.2. The van der Waals surface area contributed by atoms with Crippen LogP contribution < -0.4 is 10.9 Å². The fourth-order valence-electron chi connectivity index (χ4n) is 4.07. The highest BCUT2D eigenvalue weighted by Crippen LogP contribution is 2.22. The van der Waals surface area contributed by atoms with E-state index in [-0.39, 0.29) is 25.1 Å². The molecule has 3 amide bonds. The van der Waals surface area contributed by atoms with Crippen LogP contribution in [0.4, 0.5) is 5.69 Å². The molecule has 1 aliphatic rings. The first-order valence-corrected chi connectivity index (χ1v) is 11.5. The normalized spacial score (nSPS) is 13.5. The van der Waals surface area contributed by atoms with E-state index in [1.807, 2.05) is 6.07 Å². The molecule has 0 fully saturated rings. The maximum absolute atomic E-state index is 13.0. The minimum Gasteiger partial charge on any atom is -0.453 e. The van der Waals surface area contributed by atoms with Crippen molar-refractivity contribution >= 4 is 29.4 Å². The van der Waals surface area contributed by atoms with Gasteiger partial charge < -0.3 is 10.1 Å². The van der Waals surface area contributed by atoms with E-state index < -0.39 is 35.4 Å². The third-order valence-electron chi connectivity index (χ3n) is 6.12. The number of hydrogen-bond acceptors (Lipinski definition) is 6.